The zero-order chi connectivity index (χ0) is 11.5. The maximum atomic E-state index is 6.05. The third kappa shape index (κ3) is 3.92. The summed E-state index contributed by atoms with van der Waals surface area (Å²) >= 11 is 7.66. The minimum atomic E-state index is 0.0260. The van der Waals surface area contributed by atoms with E-state index in [0.717, 1.165) is 22.3 Å². The van der Waals surface area contributed by atoms with Gasteiger partial charge >= 0.3 is 0 Å². The normalized spacial score (nSPS) is 11.5. The standard InChI is InChI=1S/C11H17ClN2S/c1-5-15-14-10-7-8(12)6-9(13-10)11(2,3)4/h6-7H,5H2,1-4H3,(H,13,14). The van der Waals surface area contributed by atoms with Gasteiger partial charge in [-0.1, -0.05) is 51.2 Å². The summed E-state index contributed by atoms with van der Waals surface area (Å²) in [6.45, 7) is 8.47. The molecule has 1 N–H and O–H groups in total. The number of rotatable bonds is 3. The first-order valence-electron chi connectivity index (χ1n) is 4.99. The van der Waals surface area contributed by atoms with E-state index >= 15 is 0 Å². The maximum absolute atomic E-state index is 6.05. The van der Waals surface area contributed by atoms with Gasteiger partial charge in [-0.15, -0.1) is 0 Å². The molecule has 0 bridgehead atoms. The van der Waals surface area contributed by atoms with E-state index in [1.165, 1.54) is 0 Å². The van der Waals surface area contributed by atoms with Gasteiger partial charge in [0.15, 0.2) is 0 Å². The first kappa shape index (κ1) is 12.7. The van der Waals surface area contributed by atoms with Crippen LogP contribution in [0.1, 0.15) is 33.4 Å². The lowest BCUT2D eigenvalue weighted by Gasteiger charge is -2.19. The lowest BCUT2D eigenvalue weighted by molar-refractivity contribution is 0.570. The average Bonchev–Trinajstić information content (AvgIpc) is 2.12. The molecule has 4 heteroatoms. The first-order chi connectivity index (χ1) is 6.93. The minimum Gasteiger partial charge on any atom is -0.314 e. The van der Waals surface area contributed by atoms with Crippen molar-refractivity contribution in [3.63, 3.8) is 0 Å². The third-order valence-corrected chi connectivity index (χ3v) is 2.74. The summed E-state index contributed by atoms with van der Waals surface area (Å²) in [4.78, 5) is 4.53. The molecule has 0 aliphatic rings. The minimum absolute atomic E-state index is 0.0260. The molecule has 0 aliphatic carbocycles. The molecule has 0 amide bonds. The van der Waals surface area contributed by atoms with Crippen molar-refractivity contribution in [2.75, 3.05) is 10.5 Å². The van der Waals surface area contributed by atoms with Gasteiger partial charge in [0.2, 0.25) is 0 Å². The summed E-state index contributed by atoms with van der Waals surface area (Å²) in [6, 6.07) is 3.77. The van der Waals surface area contributed by atoms with Gasteiger partial charge < -0.3 is 4.72 Å². The number of nitrogens with one attached hydrogen (secondary N) is 1. The Bertz CT molecular complexity index is 334. The summed E-state index contributed by atoms with van der Waals surface area (Å²) in [5.74, 6) is 1.83. The highest BCUT2D eigenvalue weighted by atomic mass is 35.5. The van der Waals surface area contributed by atoms with Crippen molar-refractivity contribution in [3.05, 3.63) is 22.8 Å². The van der Waals surface area contributed by atoms with Gasteiger partial charge in [-0.3, -0.25) is 0 Å². The molecule has 0 unspecified atom stereocenters. The lowest BCUT2D eigenvalue weighted by atomic mass is 9.92. The molecule has 84 valence electrons. The van der Waals surface area contributed by atoms with Crippen molar-refractivity contribution < 1.29 is 0 Å². The molecule has 1 aromatic heterocycles. The summed E-state index contributed by atoms with van der Waals surface area (Å²) in [5.41, 5.74) is 1.03. The van der Waals surface area contributed by atoms with Crippen LogP contribution in [0.5, 0.6) is 0 Å². The Balaban J connectivity index is 2.95. The summed E-state index contributed by atoms with van der Waals surface area (Å²) in [5, 5.41) is 0.731. The Morgan fingerprint density at radius 1 is 1.40 bits per heavy atom. The monoisotopic (exact) mass is 244 g/mol. The van der Waals surface area contributed by atoms with Gasteiger partial charge in [0.1, 0.15) is 5.82 Å². The van der Waals surface area contributed by atoms with Crippen LogP contribution in [0.4, 0.5) is 5.82 Å². The van der Waals surface area contributed by atoms with Crippen molar-refractivity contribution in [3.8, 4) is 0 Å². The number of anilines is 1. The fourth-order valence-electron chi connectivity index (χ4n) is 1.08. The largest absolute Gasteiger partial charge is 0.314 e. The van der Waals surface area contributed by atoms with E-state index in [-0.39, 0.29) is 5.41 Å². The summed E-state index contributed by atoms with van der Waals surface area (Å²) in [7, 11) is 0. The Hall–Kier alpha value is -0.410. The molecule has 0 saturated carbocycles. The molecule has 0 atom stereocenters. The highest BCUT2D eigenvalue weighted by Crippen LogP contribution is 2.26. The smallest absolute Gasteiger partial charge is 0.137 e. The Labute approximate surface area is 101 Å². The van der Waals surface area contributed by atoms with E-state index < -0.39 is 0 Å². The van der Waals surface area contributed by atoms with Gasteiger partial charge in [-0.2, -0.15) is 0 Å². The Morgan fingerprint density at radius 2 is 2.07 bits per heavy atom. The molecule has 1 aromatic rings. The predicted octanol–water partition coefficient (Wildman–Crippen LogP) is 4.11. The molecular weight excluding hydrogens is 228 g/mol. The SMILES string of the molecule is CCSNc1cc(Cl)cc(C(C)(C)C)n1. The fraction of sp³-hybridized carbons (Fsp3) is 0.545. The topological polar surface area (TPSA) is 24.9 Å². The molecule has 15 heavy (non-hydrogen) atoms. The van der Waals surface area contributed by atoms with E-state index in [4.69, 9.17) is 11.6 Å². The maximum Gasteiger partial charge on any atom is 0.137 e. The Morgan fingerprint density at radius 3 is 2.60 bits per heavy atom. The van der Waals surface area contributed by atoms with Gasteiger partial charge in [-0.05, 0) is 12.1 Å². The van der Waals surface area contributed by atoms with Crippen LogP contribution in [0.15, 0.2) is 12.1 Å². The average molecular weight is 245 g/mol. The van der Waals surface area contributed by atoms with Crippen LogP contribution in [-0.4, -0.2) is 10.7 Å². The quantitative estimate of drug-likeness (QED) is 0.810. The molecule has 1 rings (SSSR count). The molecule has 0 radical (unpaired) electrons. The van der Waals surface area contributed by atoms with Crippen molar-refractivity contribution >= 4 is 29.4 Å². The number of halogens is 1. The second-order valence-electron chi connectivity index (χ2n) is 4.34. The van der Waals surface area contributed by atoms with Crippen LogP contribution in [-0.2, 0) is 5.41 Å². The highest BCUT2D eigenvalue weighted by molar-refractivity contribution is 8.00. The van der Waals surface area contributed by atoms with Crippen LogP contribution >= 0.6 is 23.5 Å². The Kier molecular flexibility index (Phi) is 4.29. The van der Waals surface area contributed by atoms with Gasteiger partial charge in [0.05, 0.1) is 0 Å². The van der Waals surface area contributed by atoms with E-state index in [0.29, 0.717) is 0 Å². The van der Waals surface area contributed by atoms with E-state index in [1.807, 2.05) is 12.1 Å². The van der Waals surface area contributed by atoms with Crippen LogP contribution in [0.2, 0.25) is 5.02 Å². The van der Waals surface area contributed by atoms with Gasteiger partial charge in [0, 0.05) is 21.9 Å². The molecular formula is C11H17ClN2S. The molecule has 1 heterocycles. The second-order valence-corrected chi connectivity index (χ2v) is 5.85. The lowest BCUT2D eigenvalue weighted by Crippen LogP contribution is -2.14. The zero-order valence-electron chi connectivity index (χ0n) is 9.60. The summed E-state index contributed by atoms with van der Waals surface area (Å²) < 4.78 is 3.17. The predicted molar refractivity (Wildman–Crippen MR) is 69.7 cm³/mol. The van der Waals surface area contributed by atoms with E-state index in [1.54, 1.807) is 11.9 Å². The molecule has 0 fully saturated rings. The van der Waals surface area contributed by atoms with Crippen LogP contribution in [0.25, 0.3) is 0 Å². The first-order valence-corrected chi connectivity index (χ1v) is 6.35. The second kappa shape index (κ2) is 5.08. The van der Waals surface area contributed by atoms with Crippen LogP contribution < -0.4 is 4.72 Å². The van der Waals surface area contributed by atoms with Gasteiger partial charge in [0.25, 0.3) is 0 Å². The number of nitrogens with zero attached hydrogens (tertiary/aromatic N) is 1. The van der Waals surface area contributed by atoms with Crippen molar-refractivity contribution in [2.45, 2.75) is 33.1 Å². The summed E-state index contributed by atoms with van der Waals surface area (Å²) in [6.07, 6.45) is 0. The van der Waals surface area contributed by atoms with Gasteiger partial charge in [-0.25, -0.2) is 4.98 Å². The fourth-order valence-corrected chi connectivity index (χ4v) is 1.68. The van der Waals surface area contributed by atoms with Crippen molar-refractivity contribution in [2.24, 2.45) is 0 Å². The van der Waals surface area contributed by atoms with Crippen LogP contribution in [0, 0.1) is 0 Å². The third-order valence-electron chi connectivity index (χ3n) is 1.88. The van der Waals surface area contributed by atoms with Crippen LogP contribution in [0.3, 0.4) is 0 Å². The van der Waals surface area contributed by atoms with Crippen molar-refractivity contribution in [1.29, 1.82) is 0 Å². The zero-order valence-corrected chi connectivity index (χ0v) is 11.2. The number of pyridine rings is 1. The molecule has 2 nitrogen and oxygen atoms in total. The number of aromatic nitrogens is 1. The molecule has 0 spiro atoms. The van der Waals surface area contributed by atoms with E-state index in [2.05, 4.69) is 37.4 Å². The molecule has 0 saturated heterocycles. The number of hydrogen-bond acceptors (Lipinski definition) is 3. The molecule has 0 aromatic carbocycles. The van der Waals surface area contributed by atoms with Crippen molar-refractivity contribution in [1.82, 2.24) is 4.98 Å². The number of hydrogen-bond donors (Lipinski definition) is 1. The van der Waals surface area contributed by atoms with E-state index in [9.17, 15) is 0 Å². The molecule has 0 aliphatic heterocycles. The highest BCUT2D eigenvalue weighted by Gasteiger charge is 2.16.